The normalized spacial score (nSPS) is 11.7. The SMILES string of the molecule is CCCNC(=O)[C@H](C)NC(=O)Cc1ccc(Br)cc1. The highest BCUT2D eigenvalue weighted by Gasteiger charge is 2.14. The zero-order valence-corrected chi connectivity index (χ0v) is 12.8. The molecule has 0 bridgehead atoms. The minimum Gasteiger partial charge on any atom is -0.354 e. The number of hydrogen-bond acceptors (Lipinski definition) is 2. The molecule has 2 N–H and O–H groups in total. The van der Waals surface area contributed by atoms with Gasteiger partial charge in [-0.1, -0.05) is 35.0 Å². The second-order valence-electron chi connectivity index (χ2n) is 4.38. The van der Waals surface area contributed by atoms with Gasteiger partial charge < -0.3 is 10.6 Å². The Bertz CT molecular complexity index is 432. The fourth-order valence-corrected chi connectivity index (χ4v) is 1.81. The van der Waals surface area contributed by atoms with Crippen molar-refractivity contribution in [1.82, 2.24) is 10.6 Å². The van der Waals surface area contributed by atoms with E-state index in [1.807, 2.05) is 31.2 Å². The first-order chi connectivity index (χ1) is 9.02. The molecule has 1 atom stereocenters. The lowest BCUT2D eigenvalue weighted by molar-refractivity contribution is -0.128. The van der Waals surface area contributed by atoms with Gasteiger partial charge in [0.25, 0.3) is 0 Å². The summed E-state index contributed by atoms with van der Waals surface area (Å²) in [4.78, 5) is 23.4. The average molecular weight is 327 g/mol. The highest BCUT2D eigenvalue weighted by Crippen LogP contribution is 2.10. The van der Waals surface area contributed by atoms with E-state index < -0.39 is 6.04 Å². The molecule has 4 nitrogen and oxygen atoms in total. The number of hydrogen-bond donors (Lipinski definition) is 2. The second-order valence-corrected chi connectivity index (χ2v) is 5.30. The third kappa shape index (κ3) is 5.87. The molecule has 0 aromatic heterocycles. The van der Waals surface area contributed by atoms with E-state index in [4.69, 9.17) is 0 Å². The van der Waals surface area contributed by atoms with Crippen LogP contribution in [-0.2, 0) is 16.0 Å². The minimum atomic E-state index is -0.505. The van der Waals surface area contributed by atoms with Gasteiger partial charge in [-0.2, -0.15) is 0 Å². The van der Waals surface area contributed by atoms with E-state index >= 15 is 0 Å². The molecule has 0 heterocycles. The van der Waals surface area contributed by atoms with Crippen molar-refractivity contribution in [3.63, 3.8) is 0 Å². The van der Waals surface area contributed by atoms with E-state index in [1.54, 1.807) is 6.92 Å². The van der Waals surface area contributed by atoms with Gasteiger partial charge in [0.15, 0.2) is 0 Å². The summed E-state index contributed by atoms with van der Waals surface area (Å²) in [6.45, 7) is 4.30. The number of benzene rings is 1. The van der Waals surface area contributed by atoms with Crippen LogP contribution in [0, 0.1) is 0 Å². The van der Waals surface area contributed by atoms with Crippen LogP contribution in [-0.4, -0.2) is 24.4 Å². The first kappa shape index (κ1) is 15.7. The fraction of sp³-hybridized carbons (Fsp3) is 0.429. The van der Waals surface area contributed by atoms with Crippen LogP contribution >= 0.6 is 15.9 Å². The maximum Gasteiger partial charge on any atom is 0.242 e. The van der Waals surface area contributed by atoms with Crippen molar-refractivity contribution in [2.75, 3.05) is 6.54 Å². The Hall–Kier alpha value is -1.36. The van der Waals surface area contributed by atoms with Gasteiger partial charge in [0, 0.05) is 11.0 Å². The molecular formula is C14H19BrN2O2. The Morgan fingerprint density at radius 1 is 1.26 bits per heavy atom. The van der Waals surface area contributed by atoms with Crippen LogP contribution in [0.1, 0.15) is 25.8 Å². The molecule has 1 rings (SSSR count). The monoisotopic (exact) mass is 326 g/mol. The molecule has 0 aliphatic carbocycles. The van der Waals surface area contributed by atoms with Crippen LogP contribution in [0.2, 0.25) is 0 Å². The number of rotatable bonds is 6. The van der Waals surface area contributed by atoms with E-state index in [0.717, 1.165) is 16.5 Å². The highest BCUT2D eigenvalue weighted by atomic mass is 79.9. The van der Waals surface area contributed by atoms with Crippen molar-refractivity contribution >= 4 is 27.7 Å². The Morgan fingerprint density at radius 2 is 1.89 bits per heavy atom. The summed E-state index contributed by atoms with van der Waals surface area (Å²) >= 11 is 3.34. The van der Waals surface area contributed by atoms with E-state index in [2.05, 4.69) is 26.6 Å². The van der Waals surface area contributed by atoms with Gasteiger partial charge in [-0.15, -0.1) is 0 Å². The smallest absolute Gasteiger partial charge is 0.242 e. The molecule has 1 aromatic rings. The molecule has 0 saturated carbocycles. The van der Waals surface area contributed by atoms with Gasteiger partial charge in [-0.25, -0.2) is 0 Å². The van der Waals surface area contributed by atoms with Crippen molar-refractivity contribution in [3.05, 3.63) is 34.3 Å². The lowest BCUT2D eigenvalue weighted by Crippen LogP contribution is -2.45. The molecule has 0 aliphatic heterocycles. The summed E-state index contributed by atoms with van der Waals surface area (Å²) < 4.78 is 0.976. The molecule has 0 aliphatic rings. The van der Waals surface area contributed by atoms with Crippen LogP contribution in [0.15, 0.2) is 28.7 Å². The molecule has 19 heavy (non-hydrogen) atoms. The number of carbonyl (C=O) groups is 2. The lowest BCUT2D eigenvalue weighted by atomic mass is 10.1. The Labute approximate surface area is 122 Å². The number of amides is 2. The van der Waals surface area contributed by atoms with E-state index in [-0.39, 0.29) is 18.2 Å². The molecule has 0 unspecified atom stereocenters. The Balaban J connectivity index is 2.42. The zero-order valence-electron chi connectivity index (χ0n) is 11.2. The predicted molar refractivity (Wildman–Crippen MR) is 78.8 cm³/mol. The lowest BCUT2D eigenvalue weighted by Gasteiger charge is -2.13. The quantitative estimate of drug-likeness (QED) is 0.840. The standard InChI is InChI=1S/C14H19BrN2O2/c1-3-8-16-14(19)10(2)17-13(18)9-11-4-6-12(15)7-5-11/h4-7,10H,3,8-9H2,1-2H3,(H,16,19)(H,17,18)/t10-/m0/s1. The molecule has 0 saturated heterocycles. The molecule has 5 heteroatoms. The third-order valence-electron chi connectivity index (χ3n) is 2.60. The number of nitrogens with one attached hydrogen (secondary N) is 2. The van der Waals surface area contributed by atoms with Crippen molar-refractivity contribution in [1.29, 1.82) is 0 Å². The summed E-state index contributed by atoms with van der Waals surface area (Å²) in [6, 6.07) is 7.03. The Kier molecular flexibility index (Phi) is 6.56. The molecule has 0 fully saturated rings. The van der Waals surface area contributed by atoms with Gasteiger partial charge in [0.05, 0.1) is 6.42 Å². The minimum absolute atomic E-state index is 0.147. The molecule has 0 spiro atoms. The van der Waals surface area contributed by atoms with E-state index in [9.17, 15) is 9.59 Å². The van der Waals surface area contributed by atoms with Crippen molar-refractivity contribution in [2.45, 2.75) is 32.7 Å². The first-order valence-electron chi connectivity index (χ1n) is 6.34. The summed E-state index contributed by atoms with van der Waals surface area (Å²) in [5.41, 5.74) is 0.918. The van der Waals surface area contributed by atoms with Crippen molar-refractivity contribution < 1.29 is 9.59 Å². The summed E-state index contributed by atoms with van der Waals surface area (Å²) in [6.07, 6.45) is 1.16. The average Bonchev–Trinajstić information content (AvgIpc) is 2.38. The van der Waals surface area contributed by atoms with Crippen molar-refractivity contribution in [3.8, 4) is 0 Å². The van der Waals surface area contributed by atoms with Crippen LogP contribution < -0.4 is 10.6 Å². The van der Waals surface area contributed by atoms with Gasteiger partial charge in [0.1, 0.15) is 6.04 Å². The van der Waals surface area contributed by atoms with Gasteiger partial charge in [0.2, 0.25) is 11.8 Å². The maximum atomic E-state index is 11.8. The van der Waals surface area contributed by atoms with E-state index in [1.165, 1.54) is 0 Å². The molecule has 0 radical (unpaired) electrons. The van der Waals surface area contributed by atoms with Crippen LogP contribution in [0.5, 0.6) is 0 Å². The summed E-state index contributed by atoms with van der Waals surface area (Å²) in [5, 5.41) is 5.44. The zero-order chi connectivity index (χ0) is 14.3. The predicted octanol–water partition coefficient (Wildman–Crippen LogP) is 2.02. The number of halogens is 1. The summed E-state index contributed by atoms with van der Waals surface area (Å²) in [5.74, 6) is -0.299. The topological polar surface area (TPSA) is 58.2 Å². The fourth-order valence-electron chi connectivity index (χ4n) is 1.55. The molecular weight excluding hydrogens is 308 g/mol. The molecule has 104 valence electrons. The number of carbonyl (C=O) groups excluding carboxylic acids is 2. The largest absolute Gasteiger partial charge is 0.354 e. The highest BCUT2D eigenvalue weighted by molar-refractivity contribution is 9.10. The van der Waals surface area contributed by atoms with Gasteiger partial charge >= 0.3 is 0 Å². The maximum absolute atomic E-state index is 11.8. The van der Waals surface area contributed by atoms with Crippen LogP contribution in [0.25, 0.3) is 0 Å². The van der Waals surface area contributed by atoms with Gasteiger partial charge in [-0.3, -0.25) is 9.59 Å². The Morgan fingerprint density at radius 3 is 2.47 bits per heavy atom. The third-order valence-corrected chi connectivity index (χ3v) is 3.13. The molecule has 2 amide bonds. The van der Waals surface area contributed by atoms with Gasteiger partial charge in [-0.05, 0) is 31.0 Å². The first-order valence-corrected chi connectivity index (χ1v) is 7.13. The van der Waals surface area contributed by atoms with Crippen LogP contribution in [0.3, 0.4) is 0 Å². The second kappa shape index (κ2) is 7.94. The van der Waals surface area contributed by atoms with Crippen molar-refractivity contribution in [2.24, 2.45) is 0 Å². The summed E-state index contributed by atoms with van der Waals surface area (Å²) in [7, 11) is 0. The molecule has 1 aromatic carbocycles. The van der Waals surface area contributed by atoms with E-state index in [0.29, 0.717) is 6.54 Å². The van der Waals surface area contributed by atoms with Crippen LogP contribution in [0.4, 0.5) is 0 Å².